The van der Waals surface area contributed by atoms with E-state index in [1.165, 1.54) is 11.8 Å². The molecule has 0 bridgehead atoms. The number of nitrogens with zero attached hydrogens (tertiary/aromatic N) is 1. The third-order valence-corrected chi connectivity index (χ3v) is 5.12. The Morgan fingerprint density at radius 1 is 1.27 bits per heavy atom. The van der Waals surface area contributed by atoms with Crippen molar-refractivity contribution in [3.63, 3.8) is 0 Å². The number of fused-ring (bicyclic) bond motifs is 2. The van der Waals surface area contributed by atoms with Crippen LogP contribution >= 0.6 is 11.8 Å². The molecule has 0 saturated carbocycles. The Labute approximate surface area is 129 Å². The average Bonchev–Trinajstić information content (AvgIpc) is 2.95. The third-order valence-electron chi connectivity index (χ3n) is 3.74. The van der Waals surface area contributed by atoms with Crippen LogP contribution in [0.5, 0.6) is 5.75 Å². The lowest BCUT2D eigenvalue weighted by molar-refractivity contribution is 0.114. The highest BCUT2D eigenvalue weighted by molar-refractivity contribution is 8.15. The van der Waals surface area contributed by atoms with Gasteiger partial charge in [0.05, 0.1) is 6.61 Å². The monoisotopic (exact) mass is 322 g/mol. The minimum absolute atomic E-state index is 0.369. The van der Waals surface area contributed by atoms with Crippen LogP contribution in [0.2, 0.25) is 0 Å². The number of hydrogen-bond acceptors (Lipinski definition) is 5. The fourth-order valence-electron chi connectivity index (χ4n) is 2.68. The van der Waals surface area contributed by atoms with Gasteiger partial charge in [-0.15, -0.1) is 0 Å². The maximum absolute atomic E-state index is 13.9. The van der Waals surface area contributed by atoms with Gasteiger partial charge in [-0.1, -0.05) is 30.0 Å². The highest BCUT2D eigenvalue weighted by Gasteiger charge is 2.46. The van der Waals surface area contributed by atoms with E-state index < -0.39 is 22.8 Å². The Morgan fingerprint density at radius 3 is 3.05 bits per heavy atom. The smallest absolute Gasteiger partial charge is 0.273 e. The molecule has 0 fully saturated rings. The van der Waals surface area contributed by atoms with Crippen molar-refractivity contribution >= 4 is 16.8 Å². The summed E-state index contributed by atoms with van der Waals surface area (Å²) in [6.45, 7) is 0.526. The van der Waals surface area contributed by atoms with Gasteiger partial charge in [-0.25, -0.2) is 4.39 Å². The molecule has 1 aromatic rings. The van der Waals surface area contributed by atoms with Gasteiger partial charge in [0.1, 0.15) is 21.5 Å². The quantitative estimate of drug-likeness (QED) is 0.861. The van der Waals surface area contributed by atoms with Crippen LogP contribution in [0, 0.1) is 0 Å². The molecule has 2 atom stereocenters. The lowest BCUT2D eigenvalue weighted by atomic mass is 10.0. The molecule has 22 heavy (non-hydrogen) atoms. The SMILES string of the molecule is FC1=CC=C(F)C(C2=NNC3(CCOc4ccccc43)S2)O1. The molecule has 3 heterocycles. The van der Waals surface area contributed by atoms with Crippen molar-refractivity contribution < 1.29 is 18.3 Å². The zero-order valence-corrected chi connectivity index (χ0v) is 12.2. The first-order valence-electron chi connectivity index (χ1n) is 6.83. The van der Waals surface area contributed by atoms with E-state index in [0.717, 1.165) is 23.5 Å². The maximum atomic E-state index is 13.9. The summed E-state index contributed by atoms with van der Waals surface area (Å²) in [7, 11) is 0. The molecule has 1 N–H and O–H groups in total. The van der Waals surface area contributed by atoms with Gasteiger partial charge < -0.3 is 9.47 Å². The van der Waals surface area contributed by atoms with Gasteiger partial charge in [0.25, 0.3) is 6.01 Å². The highest BCUT2D eigenvalue weighted by atomic mass is 32.2. The molecule has 0 aliphatic carbocycles. The summed E-state index contributed by atoms with van der Waals surface area (Å²) >= 11 is 1.35. The van der Waals surface area contributed by atoms with Gasteiger partial charge in [-0.3, -0.25) is 5.43 Å². The average molecular weight is 322 g/mol. The van der Waals surface area contributed by atoms with Crippen LogP contribution < -0.4 is 10.2 Å². The highest BCUT2D eigenvalue weighted by Crippen LogP contribution is 2.49. The van der Waals surface area contributed by atoms with Gasteiger partial charge in [0.15, 0.2) is 0 Å². The molecule has 0 radical (unpaired) electrons. The minimum atomic E-state index is -1.13. The van der Waals surface area contributed by atoms with E-state index in [9.17, 15) is 8.78 Å². The van der Waals surface area contributed by atoms with Gasteiger partial charge in [0.2, 0.25) is 6.10 Å². The summed E-state index contributed by atoms with van der Waals surface area (Å²) < 4.78 is 37.7. The largest absolute Gasteiger partial charge is 0.493 e. The topological polar surface area (TPSA) is 42.9 Å². The first-order chi connectivity index (χ1) is 10.7. The number of allylic oxidation sites excluding steroid dienone is 2. The van der Waals surface area contributed by atoms with Crippen molar-refractivity contribution in [2.45, 2.75) is 17.4 Å². The molecule has 0 amide bonds. The van der Waals surface area contributed by atoms with E-state index in [2.05, 4.69) is 10.5 Å². The van der Waals surface area contributed by atoms with E-state index in [0.29, 0.717) is 18.1 Å². The summed E-state index contributed by atoms with van der Waals surface area (Å²) in [5, 5.41) is 4.56. The van der Waals surface area contributed by atoms with Crippen LogP contribution in [-0.2, 0) is 9.61 Å². The summed E-state index contributed by atoms with van der Waals surface area (Å²) in [6.07, 6.45) is 1.56. The summed E-state index contributed by atoms with van der Waals surface area (Å²) in [4.78, 5) is -0.522. The Bertz CT molecular complexity index is 719. The number of rotatable bonds is 1. The van der Waals surface area contributed by atoms with Crippen LogP contribution in [-0.4, -0.2) is 17.8 Å². The molecule has 0 saturated heterocycles. The van der Waals surface area contributed by atoms with Crippen LogP contribution in [0.15, 0.2) is 53.4 Å². The molecule has 2 unspecified atom stereocenters. The molecule has 7 heteroatoms. The Morgan fingerprint density at radius 2 is 2.14 bits per heavy atom. The fraction of sp³-hybridized carbons (Fsp3) is 0.267. The van der Waals surface area contributed by atoms with Gasteiger partial charge in [-0.05, 0) is 12.1 Å². The van der Waals surface area contributed by atoms with Crippen molar-refractivity contribution in [1.29, 1.82) is 0 Å². The van der Waals surface area contributed by atoms with Crippen LogP contribution in [0.1, 0.15) is 12.0 Å². The van der Waals surface area contributed by atoms with Crippen molar-refractivity contribution in [1.82, 2.24) is 5.43 Å². The number of hydrazone groups is 1. The van der Waals surface area contributed by atoms with Crippen LogP contribution in [0.3, 0.4) is 0 Å². The number of para-hydroxylation sites is 1. The summed E-state index contributed by atoms with van der Waals surface area (Å²) in [5.74, 6) is 0.212. The molecule has 114 valence electrons. The summed E-state index contributed by atoms with van der Waals surface area (Å²) in [5.41, 5.74) is 4.01. The Hall–Kier alpha value is -2.02. The summed E-state index contributed by atoms with van der Waals surface area (Å²) in [6, 6.07) is 6.82. The number of benzene rings is 1. The molecule has 4 nitrogen and oxygen atoms in total. The molecule has 0 aromatic heterocycles. The molecule has 3 aliphatic rings. The maximum Gasteiger partial charge on any atom is 0.273 e. The Balaban J connectivity index is 1.63. The minimum Gasteiger partial charge on any atom is -0.493 e. The number of nitrogens with one attached hydrogen (secondary N) is 1. The predicted molar refractivity (Wildman–Crippen MR) is 79.6 cm³/mol. The van der Waals surface area contributed by atoms with E-state index >= 15 is 0 Å². The molecule has 1 aromatic carbocycles. The number of thioether (sulfide) groups is 1. The van der Waals surface area contributed by atoms with E-state index in [-0.39, 0.29) is 0 Å². The molecule has 4 rings (SSSR count). The van der Waals surface area contributed by atoms with Crippen LogP contribution in [0.25, 0.3) is 0 Å². The van der Waals surface area contributed by atoms with Crippen LogP contribution in [0.4, 0.5) is 8.78 Å². The number of ether oxygens (including phenoxy) is 2. The number of hydrogen-bond donors (Lipinski definition) is 1. The lowest BCUT2D eigenvalue weighted by Gasteiger charge is -2.34. The van der Waals surface area contributed by atoms with Gasteiger partial charge in [-0.2, -0.15) is 9.49 Å². The first kappa shape index (κ1) is 13.6. The molecule has 1 spiro atoms. The fourth-order valence-corrected chi connectivity index (χ4v) is 3.95. The molecule has 3 aliphatic heterocycles. The standard InChI is InChI=1S/C15H12F2N2O2S/c16-10-5-6-12(17)21-13(10)14-18-19-15(22-14)7-8-20-11-4-2-1-3-9(11)15/h1-6,13,19H,7-8H2. The lowest BCUT2D eigenvalue weighted by Crippen LogP contribution is -2.38. The van der Waals surface area contributed by atoms with Gasteiger partial charge in [0, 0.05) is 18.1 Å². The molecular weight excluding hydrogens is 310 g/mol. The first-order valence-corrected chi connectivity index (χ1v) is 7.65. The second-order valence-electron chi connectivity index (χ2n) is 5.11. The van der Waals surface area contributed by atoms with Crippen molar-refractivity contribution in [2.24, 2.45) is 5.10 Å². The Kier molecular flexibility index (Phi) is 3.11. The zero-order valence-electron chi connectivity index (χ0n) is 11.4. The van der Waals surface area contributed by atoms with Crippen molar-refractivity contribution in [3.05, 3.63) is 53.8 Å². The second-order valence-corrected chi connectivity index (χ2v) is 6.43. The van der Waals surface area contributed by atoms with Crippen molar-refractivity contribution in [3.8, 4) is 5.75 Å². The van der Waals surface area contributed by atoms with E-state index in [4.69, 9.17) is 9.47 Å². The van der Waals surface area contributed by atoms with E-state index in [1.807, 2.05) is 24.3 Å². The third kappa shape index (κ3) is 2.08. The predicted octanol–water partition coefficient (Wildman–Crippen LogP) is 3.33. The number of halogens is 2. The van der Waals surface area contributed by atoms with Gasteiger partial charge >= 0.3 is 0 Å². The van der Waals surface area contributed by atoms with Crippen molar-refractivity contribution in [2.75, 3.05) is 6.61 Å². The van der Waals surface area contributed by atoms with E-state index in [1.54, 1.807) is 0 Å². The molecular formula is C15H12F2N2O2S. The zero-order chi connectivity index (χ0) is 15.2. The normalized spacial score (nSPS) is 29.5. The second kappa shape index (κ2) is 5.01.